The molecule has 24 heavy (non-hydrogen) atoms. The fraction of sp³-hybridized carbons (Fsp3) is 0.550. The normalized spacial score (nSPS) is 22.0. The number of aliphatic hydroxyl groups is 1. The minimum atomic E-state index is -0.386. The standard InChI is InChI=1S/C20H28N2O2/c23-19-12-4-2-1-3-11-18(19)22-20(24)13-7-8-15-14-21-17-10-6-5-9-16(15)17/h5-6,9-10,14,18-19,21,23H,1-4,7-8,11-13H2,(H,22,24)/t18-,19-/m0/s1. The molecule has 1 saturated carbocycles. The van der Waals surface area contributed by atoms with Crippen molar-refractivity contribution in [1.29, 1.82) is 0 Å². The fourth-order valence-corrected chi connectivity index (χ4v) is 3.69. The molecule has 3 rings (SSSR count). The summed E-state index contributed by atoms with van der Waals surface area (Å²) >= 11 is 0. The number of nitrogens with one attached hydrogen (secondary N) is 2. The zero-order valence-corrected chi connectivity index (χ0v) is 14.3. The number of aromatic amines is 1. The van der Waals surface area contributed by atoms with Crippen molar-refractivity contribution in [2.75, 3.05) is 0 Å². The summed E-state index contributed by atoms with van der Waals surface area (Å²) in [6.07, 6.45) is 10.2. The second-order valence-electron chi connectivity index (χ2n) is 6.95. The summed E-state index contributed by atoms with van der Waals surface area (Å²) in [5.74, 6) is 0.0689. The molecule has 0 bridgehead atoms. The van der Waals surface area contributed by atoms with Crippen LogP contribution in [0.3, 0.4) is 0 Å². The lowest BCUT2D eigenvalue weighted by Gasteiger charge is -2.26. The molecular formula is C20H28N2O2. The molecule has 1 aliphatic carbocycles. The van der Waals surface area contributed by atoms with Crippen molar-refractivity contribution >= 4 is 16.8 Å². The number of fused-ring (bicyclic) bond motifs is 1. The molecule has 4 heteroatoms. The second kappa shape index (κ2) is 8.34. The Kier molecular flexibility index (Phi) is 5.91. The smallest absolute Gasteiger partial charge is 0.220 e. The molecule has 2 atom stereocenters. The average molecular weight is 328 g/mol. The number of hydrogen-bond acceptors (Lipinski definition) is 2. The van der Waals surface area contributed by atoms with Gasteiger partial charge in [-0.25, -0.2) is 0 Å². The number of aryl methyl sites for hydroxylation is 1. The number of hydrogen-bond donors (Lipinski definition) is 3. The van der Waals surface area contributed by atoms with E-state index in [1.807, 2.05) is 18.3 Å². The Morgan fingerprint density at radius 2 is 1.96 bits per heavy atom. The third-order valence-corrected chi connectivity index (χ3v) is 5.10. The molecular weight excluding hydrogens is 300 g/mol. The van der Waals surface area contributed by atoms with Crippen LogP contribution in [0.4, 0.5) is 0 Å². The van der Waals surface area contributed by atoms with E-state index in [2.05, 4.69) is 22.4 Å². The molecule has 1 aromatic heterocycles. The SMILES string of the molecule is O=C(CCCc1c[nH]c2ccccc12)N[C@H]1CCCCCC[C@@H]1O. The highest BCUT2D eigenvalue weighted by atomic mass is 16.3. The summed E-state index contributed by atoms with van der Waals surface area (Å²) in [7, 11) is 0. The number of aliphatic hydroxyl groups excluding tert-OH is 1. The van der Waals surface area contributed by atoms with E-state index in [0.29, 0.717) is 6.42 Å². The van der Waals surface area contributed by atoms with Gasteiger partial charge in [0.2, 0.25) is 5.91 Å². The second-order valence-corrected chi connectivity index (χ2v) is 6.95. The molecule has 0 unspecified atom stereocenters. The maximum atomic E-state index is 12.2. The van der Waals surface area contributed by atoms with Gasteiger partial charge in [0.05, 0.1) is 12.1 Å². The predicted octanol–water partition coefficient (Wildman–Crippen LogP) is 3.69. The largest absolute Gasteiger partial charge is 0.391 e. The quantitative estimate of drug-likeness (QED) is 0.784. The molecule has 1 amide bonds. The maximum Gasteiger partial charge on any atom is 0.220 e. The van der Waals surface area contributed by atoms with Crippen LogP contribution in [0, 0.1) is 0 Å². The Balaban J connectivity index is 1.46. The van der Waals surface area contributed by atoms with Gasteiger partial charge in [-0.3, -0.25) is 4.79 Å². The van der Waals surface area contributed by atoms with Gasteiger partial charge in [-0.2, -0.15) is 0 Å². The first-order valence-electron chi connectivity index (χ1n) is 9.26. The minimum Gasteiger partial charge on any atom is -0.391 e. The third kappa shape index (κ3) is 4.38. The monoisotopic (exact) mass is 328 g/mol. The van der Waals surface area contributed by atoms with Crippen molar-refractivity contribution in [2.24, 2.45) is 0 Å². The highest BCUT2D eigenvalue weighted by Gasteiger charge is 2.22. The number of benzene rings is 1. The van der Waals surface area contributed by atoms with Gasteiger partial charge in [-0.15, -0.1) is 0 Å². The molecule has 2 aromatic rings. The van der Waals surface area contributed by atoms with Crippen LogP contribution in [-0.4, -0.2) is 28.1 Å². The molecule has 130 valence electrons. The van der Waals surface area contributed by atoms with Crippen LogP contribution >= 0.6 is 0 Å². The number of aromatic nitrogens is 1. The molecule has 1 aliphatic rings. The van der Waals surface area contributed by atoms with E-state index in [1.165, 1.54) is 23.8 Å². The van der Waals surface area contributed by atoms with E-state index in [9.17, 15) is 9.90 Å². The van der Waals surface area contributed by atoms with Gasteiger partial charge in [-0.1, -0.05) is 43.9 Å². The first kappa shape index (κ1) is 17.0. The molecule has 0 aliphatic heterocycles. The molecule has 4 nitrogen and oxygen atoms in total. The van der Waals surface area contributed by atoms with Gasteiger partial charge in [0.1, 0.15) is 0 Å². The Morgan fingerprint density at radius 3 is 2.83 bits per heavy atom. The summed E-state index contributed by atoms with van der Waals surface area (Å²) in [6, 6.07) is 8.19. The Bertz CT molecular complexity index is 664. The molecule has 1 heterocycles. The van der Waals surface area contributed by atoms with Crippen molar-refractivity contribution in [3.8, 4) is 0 Å². The highest BCUT2D eigenvalue weighted by Crippen LogP contribution is 2.20. The molecule has 0 saturated heterocycles. The van der Waals surface area contributed by atoms with Crippen molar-refractivity contribution in [1.82, 2.24) is 10.3 Å². The summed E-state index contributed by atoms with van der Waals surface area (Å²) in [5.41, 5.74) is 2.42. The lowest BCUT2D eigenvalue weighted by Crippen LogP contribution is -2.43. The summed E-state index contributed by atoms with van der Waals surface area (Å²) in [5, 5.41) is 14.5. The zero-order chi connectivity index (χ0) is 16.8. The topological polar surface area (TPSA) is 65.1 Å². The van der Waals surface area contributed by atoms with E-state index in [4.69, 9.17) is 0 Å². The molecule has 0 radical (unpaired) electrons. The first-order valence-corrected chi connectivity index (χ1v) is 9.26. The lowest BCUT2D eigenvalue weighted by atomic mass is 9.94. The number of amides is 1. The van der Waals surface area contributed by atoms with E-state index >= 15 is 0 Å². The molecule has 1 aromatic carbocycles. The third-order valence-electron chi connectivity index (χ3n) is 5.10. The number of rotatable bonds is 5. The molecule has 1 fully saturated rings. The number of H-pyrrole nitrogens is 1. The van der Waals surface area contributed by atoms with Crippen molar-refractivity contribution in [3.63, 3.8) is 0 Å². The van der Waals surface area contributed by atoms with Crippen LogP contribution in [0.25, 0.3) is 10.9 Å². The van der Waals surface area contributed by atoms with Crippen LogP contribution in [0.5, 0.6) is 0 Å². The predicted molar refractivity (Wildman–Crippen MR) is 96.9 cm³/mol. The van der Waals surface area contributed by atoms with Crippen LogP contribution < -0.4 is 5.32 Å². The maximum absolute atomic E-state index is 12.2. The lowest BCUT2D eigenvalue weighted by molar-refractivity contribution is -0.122. The van der Waals surface area contributed by atoms with E-state index in [-0.39, 0.29) is 18.1 Å². The summed E-state index contributed by atoms with van der Waals surface area (Å²) < 4.78 is 0. The zero-order valence-electron chi connectivity index (χ0n) is 14.3. The van der Waals surface area contributed by atoms with E-state index in [0.717, 1.165) is 44.0 Å². The van der Waals surface area contributed by atoms with Crippen LogP contribution in [0.1, 0.15) is 56.9 Å². The number of carbonyl (C=O) groups excluding carboxylic acids is 1. The Hall–Kier alpha value is -1.81. The summed E-state index contributed by atoms with van der Waals surface area (Å²) in [4.78, 5) is 15.5. The number of para-hydroxylation sites is 1. The van der Waals surface area contributed by atoms with E-state index in [1.54, 1.807) is 0 Å². The van der Waals surface area contributed by atoms with Crippen LogP contribution in [-0.2, 0) is 11.2 Å². The van der Waals surface area contributed by atoms with Gasteiger partial charge < -0.3 is 15.4 Å². The van der Waals surface area contributed by atoms with Gasteiger partial charge in [0.25, 0.3) is 0 Å². The Morgan fingerprint density at radius 1 is 1.17 bits per heavy atom. The van der Waals surface area contributed by atoms with Gasteiger partial charge in [-0.05, 0) is 37.3 Å². The molecule has 3 N–H and O–H groups in total. The summed E-state index contributed by atoms with van der Waals surface area (Å²) in [6.45, 7) is 0. The van der Waals surface area contributed by atoms with Crippen molar-refractivity contribution in [3.05, 3.63) is 36.0 Å². The average Bonchev–Trinajstić information content (AvgIpc) is 2.98. The van der Waals surface area contributed by atoms with Crippen molar-refractivity contribution < 1.29 is 9.90 Å². The minimum absolute atomic E-state index is 0.0640. The highest BCUT2D eigenvalue weighted by molar-refractivity contribution is 5.83. The van der Waals surface area contributed by atoms with Crippen LogP contribution in [0.15, 0.2) is 30.5 Å². The van der Waals surface area contributed by atoms with E-state index < -0.39 is 0 Å². The van der Waals surface area contributed by atoms with Gasteiger partial charge >= 0.3 is 0 Å². The van der Waals surface area contributed by atoms with Gasteiger partial charge in [0, 0.05) is 23.5 Å². The molecule has 0 spiro atoms. The van der Waals surface area contributed by atoms with Gasteiger partial charge in [0.15, 0.2) is 0 Å². The first-order chi connectivity index (χ1) is 11.7. The Labute approximate surface area is 143 Å². The van der Waals surface area contributed by atoms with Crippen molar-refractivity contribution in [2.45, 2.75) is 69.9 Å². The number of carbonyl (C=O) groups is 1. The fourth-order valence-electron chi connectivity index (χ4n) is 3.69. The van der Waals surface area contributed by atoms with Crippen LogP contribution in [0.2, 0.25) is 0 Å².